The molecule has 0 aromatic carbocycles. The molecule has 1 aliphatic heterocycles. The Morgan fingerprint density at radius 3 is 2.75 bits per heavy atom. The maximum absolute atomic E-state index is 12.0. The fraction of sp³-hybridized carbons (Fsp3) is 0.545. The van der Waals surface area contributed by atoms with Crippen molar-refractivity contribution in [2.45, 2.75) is 18.9 Å². The van der Waals surface area contributed by atoms with Crippen molar-refractivity contribution in [3.63, 3.8) is 0 Å². The molecule has 1 saturated heterocycles. The molecule has 0 aliphatic carbocycles. The standard InChI is InChI=1S/C11H16N2O2.ClH/c1-13(10-2-5-12-6-3-10)11(14)9-4-7-15-8-9;/h4,7-8,10,12H,2-3,5-6H2,1H3;1H. The van der Waals surface area contributed by atoms with E-state index < -0.39 is 0 Å². The summed E-state index contributed by atoms with van der Waals surface area (Å²) in [6, 6.07) is 2.06. The maximum atomic E-state index is 12.0. The van der Waals surface area contributed by atoms with Gasteiger partial charge >= 0.3 is 0 Å². The van der Waals surface area contributed by atoms with Crippen molar-refractivity contribution < 1.29 is 9.21 Å². The molecular weight excluding hydrogens is 228 g/mol. The number of hydrogen-bond acceptors (Lipinski definition) is 3. The highest BCUT2D eigenvalue weighted by Gasteiger charge is 2.23. The summed E-state index contributed by atoms with van der Waals surface area (Å²) in [5.41, 5.74) is 0.635. The van der Waals surface area contributed by atoms with Crippen molar-refractivity contribution in [1.82, 2.24) is 10.2 Å². The molecule has 1 aromatic heterocycles. The van der Waals surface area contributed by atoms with Gasteiger partial charge in [0, 0.05) is 13.1 Å². The lowest BCUT2D eigenvalue weighted by Crippen LogP contribution is -2.43. The smallest absolute Gasteiger partial charge is 0.257 e. The number of carbonyl (C=O) groups is 1. The van der Waals surface area contributed by atoms with E-state index in [2.05, 4.69) is 5.32 Å². The van der Waals surface area contributed by atoms with Crippen molar-refractivity contribution in [3.8, 4) is 0 Å². The first-order valence-corrected chi connectivity index (χ1v) is 5.29. The van der Waals surface area contributed by atoms with E-state index in [4.69, 9.17) is 4.42 Å². The van der Waals surface area contributed by atoms with E-state index in [-0.39, 0.29) is 18.3 Å². The first kappa shape index (κ1) is 13.1. The van der Waals surface area contributed by atoms with Crippen LogP contribution in [0.25, 0.3) is 0 Å². The molecule has 1 N–H and O–H groups in total. The van der Waals surface area contributed by atoms with E-state index in [9.17, 15) is 4.79 Å². The molecule has 2 rings (SSSR count). The summed E-state index contributed by atoms with van der Waals surface area (Å²) in [5.74, 6) is 0.0515. The first-order chi connectivity index (χ1) is 7.29. The molecule has 2 heterocycles. The molecule has 0 saturated carbocycles. The summed E-state index contributed by atoms with van der Waals surface area (Å²) < 4.78 is 4.91. The van der Waals surface area contributed by atoms with Gasteiger partial charge in [0.2, 0.25) is 0 Å². The van der Waals surface area contributed by atoms with Gasteiger partial charge in [0.05, 0.1) is 11.8 Å². The Kier molecular flexibility index (Phi) is 4.83. The van der Waals surface area contributed by atoms with Gasteiger partial charge in [0.15, 0.2) is 0 Å². The highest BCUT2D eigenvalue weighted by molar-refractivity contribution is 5.93. The molecule has 4 nitrogen and oxygen atoms in total. The maximum Gasteiger partial charge on any atom is 0.257 e. The lowest BCUT2D eigenvalue weighted by Gasteiger charge is -2.31. The van der Waals surface area contributed by atoms with Crippen LogP contribution in [-0.2, 0) is 0 Å². The number of piperidine rings is 1. The van der Waals surface area contributed by atoms with Crippen molar-refractivity contribution in [1.29, 1.82) is 0 Å². The molecule has 1 amide bonds. The summed E-state index contributed by atoms with van der Waals surface area (Å²) in [6.45, 7) is 1.99. The second kappa shape index (κ2) is 5.92. The zero-order valence-electron chi connectivity index (χ0n) is 9.31. The monoisotopic (exact) mass is 244 g/mol. The number of furan rings is 1. The minimum absolute atomic E-state index is 0. The van der Waals surface area contributed by atoms with Crippen molar-refractivity contribution in [2.75, 3.05) is 20.1 Å². The number of nitrogens with zero attached hydrogens (tertiary/aromatic N) is 1. The molecular formula is C11H17ClN2O2. The fourth-order valence-corrected chi connectivity index (χ4v) is 1.95. The van der Waals surface area contributed by atoms with Gasteiger partial charge in [0.25, 0.3) is 5.91 Å². The topological polar surface area (TPSA) is 45.5 Å². The summed E-state index contributed by atoms with van der Waals surface area (Å²) >= 11 is 0. The minimum atomic E-state index is 0. The molecule has 1 fully saturated rings. The Labute approximate surface area is 101 Å². The number of rotatable bonds is 2. The van der Waals surface area contributed by atoms with Crippen LogP contribution in [0.3, 0.4) is 0 Å². The number of carbonyl (C=O) groups excluding carboxylic acids is 1. The minimum Gasteiger partial charge on any atom is -0.472 e. The van der Waals surface area contributed by atoms with Crippen LogP contribution >= 0.6 is 12.4 Å². The molecule has 90 valence electrons. The van der Waals surface area contributed by atoms with Crippen molar-refractivity contribution in [2.24, 2.45) is 0 Å². The zero-order valence-corrected chi connectivity index (χ0v) is 10.1. The Morgan fingerprint density at radius 2 is 2.19 bits per heavy atom. The number of nitrogens with one attached hydrogen (secondary N) is 1. The van der Waals surface area contributed by atoms with Crippen LogP contribution in [0.4, 0.5) is 0 Å². The zero-order chi connectivity index (χ0) is 10.7. The molecule has 1 aromatic rings. The molecule has 0 radical (unpaired) electrons. The summed E-state index contributed by atoms with van der Waals surface area (Å²) in [6.07, 6.45) is 5.09. The second-order valence-electron chi connectivity index (χ2n) is 3.91. The van der Waals surface area contributed by atoms with Gasteiger partial charge in [-0.15, -0.1) is 12.4 Å². The van der Waals surface area contributed by atoms with Gasteiger partial charge in [-0.05, 0) is 32.0 Å². The molecule has 5 heteroatoms. The Hall–Kier alpha value is -1.00. The number of amides is 1. The molecule has 0 spiro atoms. The van der Waals surface area contributed by atoms with E-state index in [0.29, 0.717) is 11.6 Å². The van der Waals surface area contributed by atoms with E-state index in [1.165, 1.54) is 12.5 Å². The quantitative estimate of drug-likeness (QED) is 0.858. The van der Waals surface area contributed by atoms with Crippen molar-refractivity contribution >= 4 is 18.3 Å². The van der Waals surface area contributed by atoms with Gasteiger partial charge < -0.3 is 14.6 Å². The lowest BCUT2D eigenvalue weighted by molar-refractivity contribution is 0.0702. The largest absolute Gasteiger partial charge is 0.472 e. The van der Waals surface area contributed by atoms with Gasteiger partial charge in [-0.25, -0.2) is 0 Å². The lowest BCUT2D eigenvalue weighted by atomic mass is 10.0. The summed E-state index contributed by atoms with van der Waals surface area (Å²) in [4.78, 5) is 13.8. The van der Waals surface area contributed by atoms with Crippen molar-refractivity contribution in [3.05, 3.63) is 24.2 Å². The first-order valence-electron chi connectivity index (χ1n) is 5.29. The molecule has 0 bridgehead atoms. The molecule has 16 heavy (non-hydrogen) atoms. The predicted molar refractivity (Wildman–Crippen MR) is 63.9 cm³/mol. The summed E-state index contributed by atoms with van der Waals surface area (Å²) in [5, 5.41) is 3.29. The van der Waals surface area contributed by atoms with Gasteiger partial charge in [-0.1, -0.05) is 0 Å². The van der Waals surface area contributed by atoms with E-state index in [1.54, 1.807) is 6.07 Å². The van der Waals surface area contributed by atoms with Crippen LogP contribution in [0.15, 0.2) is 23.0 Å². The number of halogens is 1. The highest BCUT2D eigenvalue weighted by Crippen LogP contribution is 2.13. The third kappa shape index (κ3) is 2.77. The normalized spacial score (nSPS) is 16.6. The molecule has 1 aliphatic rings. The third-order valence-corrected chi connectivity index (χ3v) is 2.94. The van der Waals surface area contributed by atoms with Crippen LogP contribution in [0.5, 0.6) is 0 Å². The number of hydrogen-bond donors (Lipinski definition) is 1. The highest BCUT2D eigenvalue weighted by atomic mass is 35.5. The molecule has 0 atom stereocenters. The second-order valence-corrected chi connectivity index (χ2v) is 3.91. The summed E-state index contributed by atoms with van der Waals surface area (Å²) in [7, 11) is 1.87. The van der Waals surface area contributed by atoms with Crippen LogP contribution in [0.2, 0.25) is 0 Å². The third-order valence-electron chi connectivity index (χ3n) is 2.94. The molecule has 0 unspecified atom stereocenters. The average Bonchev–Trinajstić information content (AvgIpc) is 2.82. The van der Waals surface area contributed by atoms with Crippen LogP contribution in [0, 0.1) is 0 Å². The van der Waals surface area contributed by atoms with Gasteiger partial charge in [0.1, 0.15) is 6.26 Å². The Bertz CT molecular complexity index is 321. The van der Waals surface area contributed by atoms with E-state index in [1.807, 2.05) is 11.9 Å². The Balaban J connectivity index is 0.00000128. The van der Waals surface area contributed by atoms with Gasteiger partial charge in [-0.3, -0.25) is 4.79 Å². The van der Waals surface area contributed by atoms with E-state index >= 15 is 0 Å². The average molecular weight is 245 g/mol. The predicted octanol–water partition coefficient (Wildman–Crippen LogP) is 1.53. The van der Waals surface area contributed by atoms with Crippen LogP contribution in [0.1, 0.15) is 23.2 Å². The van der Waals surface area contributed by atoms with Crippen LogP contribution < -0.4 is 5.32 Å². The fourth-order valence-electron chi connectivity index (χ4n) is 1.95. The Morgan fingerprint density at radius 1 is 1.50 bits per heavy atom. The van der Waals surface area contributed by atoms with Crippen LogP contribution in [-0.4, -0.2) is 37.0 Å². The SMILES string of the molecule is CN(C(=O)c1ccoc1)C1CCNCC1.Cl. The van der Waals surface area contributed by atoms with E-state index in [0.717, 1.165) is 25.9 Å². The van der Waals surface area contributed by atoms with Gasteiger partial charge in [-0.2, -0.15) is 0 Å².